The van der Waals surface area contributed by atoms with Crippen molar-refractivity contribution in [2.24, 2.45) is 5.92 Å². The summed E-state index contributed by atoms with van der Waals surface area (Å²) in [5, 5.41) is 8.06. The molecule has 0 bridgehead atoms. The molecule has 23 heavy (non-hydrogen) atoms. The maximum Gasteiger partial charge on any atom is 0.0543 e. The van der Waals surface area contributed by atoms with Gasteiger partial charge < -0.3 is 10.2 Å². The maximum atomic E-state index is 4.43. The van der Waals surface area contributed by atoms with Gasteiger partial charge in [-0.15, -0.1) is 0 Å². The van der Waals surface area contributed by atoms with Crippen molar-refractivity contribution in [2.75, 3.05) is 45.8 Å². The molecule has 1 aromatic heterocycles. The lowest BCUT2D eigenvalue weighted by atomic mass is 9.90. The zero-order chi connectivity index (χ0) is 15.5. The molecule has 2 unspecified atom stereocenters. The molecule has 5 heteroatoms. The van der Waals surface area contributed by atoms with Gasteiger partial charge in [0.15, 0.2) is 0 Å². The quantitative estimate of drug-likeness (QED) is 0.915. The maximum absolute atomic E-state index is 4.43. The Morgan fingerprint density at radius 2 is 1.87 bits per heavy atom. The first-order valence-corrected chi connectivity index (χ1v) is 9.56. The van der Waals surface area contributed by atoms with Gasteiger partial charge in [0.05, 0.1) is 6.04 Å². The Kier molecular flexibility index (Phi) is 4.97. The van der Waals surface area contributed by atoms with Crippen molar-refractivity contribution in [1.82, 2.24) is 24.9 Å². The average molecular weight is 317 g/mol. The van der Waals surface area contributed by atoms with Crippen LogP contribution in [0.2, 0.25) is 0 Å². The van der Waals surface area contributed by atoms with Gasteiger partial charge >= 0.3 is 0 Å². The molecule has 0 saturated carbocycles. The van der Waals surface area contributed by atoms with E-state index in [2.05, 4.69) is 31.1 Å². The Balaban J connectivity index is 1.30. The topological polar surface area (TPSA) is 36.3 Å². The minimum atomic E-state index is 0.614. The predicted molar refractivity (Wildman–Crippen MR) is 92.5 cm³/mol. The molecule has 3 saturated heterocycles. The number of likely N-dealkylation sites (tertiary alicyclic amines) is 2. The summed E-state index contributed by atoms with van der Waals surface area (Å²) in [4.78, 5) is 5.48. The van der Waals surface area contributed by atoms with Gasteiger partial charge in [0.25, 0.3) is 0 Å². The van der Waals surface area contributed by atoms with E-state index in [1.54, 1.807) is 0 Å². The highest BCUT2D eigenvalue weighted by atomic mass is 15.3. The fourth-order valence-electron chi connectivity index (χ4n) is 4.80. The second-order valence-electron chi connectivity index (χ2n) is 7.58. The third-order valence-corrected chi connectivity index (χ3v) is 6.15. The van der Waals surface area contributed by atoms with Crippen LogP contribution in [0.25, 0.3) is 0 Å². The monoisotopic (exact) mass is 317 g/mol. The lowest BCUT2D eigenvalue weighted by molar-refractivity contribution is 0.0860. The first kappa shape index (κ1) is 15.6. The van der Waals surface area contributed by atoms with Crippen LogP contribution in [0.15, 0.2) is 18.5 Å². The van der Waals surface area contributed by atoms with Crippen molar-refractivity contribution in [1.29, 1.82) is 0 Å². The fraction of sp³-hybridized carbons (Fsp3) is 0.833. The van der Waals surface area contributed by atoms with Crippen LogP contribution in [0, 0.1) is 5.92 Å². The third-order valence-electron chi connectivity index (χ3n) is 6.15. The molecule has 1 aromatic rings. The Bertz CT molecular complexity index is 460. The standard InChI is InChI=1S/C18H31N5/c1-2-10-22(9-1)18-14-19-8-4-16(18)15-21-12-5-17(6-13-21)23-11-3-7-20-23/h3,7,11,16-19H,1-2,4-6,8-10,12-15H2. The molecule has 0 radical (unpaired) electrons. The van der Waals surface area contributed by atoms with E-state index in [1.807, 2.05) is 12.3 Å². The Morgan fingerprint density at radius 1 is 1.04 bits per heavy atom. The van der Waals surface area contributed by atoms with E-state index in [9.17, 15) is 0 Å². The van der Waals surface area contributed by atoms with Crippen molar-refractivity contribution in [3.05, 3.63) is 18.5 Å². The van der Waals surface area contributed by atoms with Crippen LogP contribution in [0.1, 0.15) is 38.1 Å². The Labute approximate surface area is 140 Å². The molecule has 4 heterocycles. The smallest absolute Gasteiger partial charge is 0.0543 e. The van der Waals surface area contributed by atoms with Gasteiger partial charge in [-0.05, 0) is 63.7 Å². The van der Waals surface area contributed by atoms with Crippen LogP contribution in [-0.4, -0.2) is 71.4 Å². The second-order valence-corrected chi connectivity index (χ2v) is 7.58. The molecule has 0 amide bonds. The minimum Gasteiger partial charge on any atom is -0.315 e. The van der Waals surface area contributed by atoms with Crippen molar-refractivity contribution in [3.8, 4) is 0 Å². The number of rotatable bonds is 4. The second kappa shape index (κ2) is 7.32. The zero-order valence-corrected chi connectivity index (χ0v) is 14.2. The zero-order valence-electron chi connectivity index (χ0n) is 14.2. The van der Waals surface area contributed by atoms with Gasteiger partial charge in [-0.2, -0.15) is 5.10 Å². The minimum absolute atomic E-state index is 0.614. The first-order chi connectivity index (χ1) is 11.4. The first-order valence-electron chi connectivity index (χ1n) is 9.56. The Morgan fingerprint density at radius 3 is 2.61 bits per heavy atom. The summed E-state index contributed by atoms with van der Waals surface area (Å²) >= 11 is 0. The summed E-state index contributed by atoms with van der Waals surface area (Å²) in [5.74, 6) is 0.857. The van der Waals surface area contributed by atoms with Gasteiger partial charge in [-0.3, -0.25) is 9.58 Å². The lowest BCUT2D eigenvalue weighted by Crippen LogP contribution is -2.53. The molecule has 0 spiro atoms. The van der Waals surface area contributed by atoms with E-state index in [-0.39, 0.29) is 0 Å². The van der Waals surface area contributed by atoms with Crippen LogP contribution >= 0.6 is 0 Å². The van der Waals surface area contributed by atoms with E-state index >= 15 is 0 Å². The van der Waals surface area contributed by atoms with Crippen LogP contribution in [0.5, 0.6) is 0 Å². The molecule has 3 aliphatic rings. The van der Waals surface area contributed by atoms with Crippen LogP contribution < -0.4 is 5.32 Å². The van der Waals surface area contributed by atoms with E-state index in [0.717, 1.165) is 12.0 Å². The van der Waals surface area contributed by atoms with Crippen molar-refractivity contribution in [3.63, 3.8) is 0 Å². The number of hydrogen-bond acceptors (Lipinski definition) is 4. The number of nitrogens with one attached hydrogen (secondary N) is 1. The molecule has 5 nitrogen and oxygen atoms in total. The largest absolute Gasteiger partial charge is 0.315 e. The summed E-state index contributed by atoms with van der Waals surface area (Å²) in [6.07, 6.45) is 10.7. The molecule has 3 aliphatic heterocycles. The predicted octanol–water partition coefficient (Wildman–Crippen LogP) is 1.59. The molecule has 3 fully saturated rings. The van der Waals surface area contributed by atoms with Gasteiger partial charge in [0.2, 0.25) is 0 Å². The SMILES string of the molecule is c1cnn(C2CCN(CC3CCNCC3N3CCCC3)CC2)c1. The molecule has 128 valence electrons. The number of nitrogens with zero attached hydrogens (tertiary/aromatic N) is 4. The highest BCUT2D eigenvalue weighted by Gasteiger charge is 2.33. The summed E-state index contributed by atoms with van der Waals surface area (Å²) in [6.45, 7) is 8.83. The van der Waals surface area contributed by atoms with Crippen LogP contribution in [0.4, 0.5) is 0 Å². The van der Waals surface area contributed by atoms with E-state index in [1.165, 1.54) is 77.9 Å². The van der Waals surface area contributed by atoms with Crippen molar-refractivity contribution < 1.29 is 0 Å². The van der Waals surface area contributed by atoms with E-state index in [4.69, 9.17) is 0 Å². The van der Waals surface area contributed by atoms with E-state index < -0.39 is 0 Å². The van der Waals surface area contributed by atoms with Crippen molar-refractivity contribution >= 4 is 0 Å². The molecule has 2 atom stereocenters. The Hall–Kier alpha value is -0.910. The molecular weight excluding hydrogens is 286 g/mol. The summed E-state index contributed by atoms with van der Waals surface area (Å²) in [7, 11) is 0. The van der Waals surface area contributed by atoms with Gasteiger partial charge in [-0.25, -0.2) is 0 Å². The summed E-state index contributed by atoms with van der Waals surface area (Å²) < 4.78 is 2.16. The number of hydrogen-bond donors (Lipinski definition) is 1. The molecule has 4 rings (SSSR count). The number of aromatic nitrogens is 2. The van der Waals surface area contributed by atoms with Crippen molar-refractivity contribution in [2.45, 2.75) is 44.2 Å². The fourth-order valence-corrected chi connectivity index (χ4v) is 4.80. The molecule has 1 N–H and O–H groups in total. The lowest BCUT2D eigenvalue weighted by Gasteiger charge is -2.42. The van der Waals surface area contributed by atoms with Gasteiger partial charge in [0.1, 0.15) is 0 Å². The molecular formula is C18H31N5. The van der Waals surface area contributed by atoms with Crippen LogP contribution in [-0.2, 0) is 0 Å². The summed E-state index contributed by atoms with van der Waals surface area (Å²) in [5.41, 5.74) is 0. The highest BCUT2D eigenvalue weighted by Crippen LogP contribution is 2.26. The number of piperidine rings is 2. The summed E-state index contributed by atoms with van der Waals surface area (Å²) in [6, 6.07) is 3.43. The normalized spacial score (nSPS) is 31.7. The third kappa shape index (κ3) is 3.62. The van der Waals surface area contributed by atoms with Gasteiger partial charge in [0, 0.05) is 44.6 Å². The highest BCUT2D eigenvalue weighted by molar-refractivity contribution is 4.91. The molecule has 0 aromatic carbocycles. The van der Waals surface area contributed by atoms with Gasteiger partial charge in [-0.1, -0.05) is 0 Å². The van der Waals surface area contributed by atoms with E-state index in [0.29, 0.717) is 6.04 Å². The molecule has 0 aliphatic carbocycles. The van der Waals surface area contributed by atoms with Crippen LogP contribution in [0.3, 0.4) is 0 Å². The average Bonchev–Trinajstić information content (AvgIpc) is 3.30.